The molecule has 0 aliphatic carbocycles. The number of likely N-dealkylation sites (tertiary alicyclic amines) is 1. The minimum atomic E-state index is 0.131. The Kier molecular flexibility index (Phi) is 5.00. The molecule has 1 aliphatic rings. The zero-order valence-corrected chi connectivity index (χ0v) is 14.7. The maximum absolute atomic E-state index is 13.0. The van der Waals surface area contributed by atoms with Crippen LogP contribution in [0.5, 0.6) is 0 Å². The molecule has 1 amide bonds. The molecule has 1 saturated heterocycles. The molecule has 3 rings (SSSR count). The van der Waals surface area contributed by atoms with Gasteiger partial charge in [-0.15, -0.1) is 0 Å². The van der Waals surface area contributed by atoms with Crippen LogP contribution < -0.4 is 0 Å². The summed E-state index contributed by atoms with van der Waals surface area (Å²) < 4.78 is 2.02. The zero-order valence-electron chi connectivity index (χ0n) is 14.7. The summed E-state index contributed by atoms with van der Waals surface area (Å²) in [7, 11) is 4.21. The normalized spacial score (nSPS) is 20.8. The topological polar surface area (TPSA) is 41.4 Å². The smallest absolute Gasteiger partial charge is 0.270 e. The third kappa shape index (κ3) is 3.36. The second-order valence-electron chi connectivity index (χ2n) is 6.79. The van der Waals surface area contributed by atoms with E-state index in [9.17, 15) is 4.79 Å². The van der Waals surface area contributed by atoms with Gasteiger partial charge in [0.1, 0.15) is 5.69 Å². The highest BCUT2D eigenvalue weighted by Crippen LogP contribution is 2.25. The van der Waals surface area contributed by atoms with Crippen LogP contribution in [0.2, 0.25) is 0 Å². The van der Waals surface area contributed by atoms with E-state index in [0.717, 1.165) is 30.8 Å². The highest BCUT2D eigenvalue weighted by Gasteiger charge is 2.36. The first-order valence-electron chi connectivity index (χ1n) is 8.60. The van der Waals surface area contributed by atoms with Crippen molar-refractivity contribution in [2.45, 2.75) is 25.9 Å². The summed E-state index contributed by atoms with van der Waals surface area (Å²) in [5.41, 5.74) is 1.86. The highest BCUT2D eigenvalue weighted by molar-refractivity contribution is 5.93. The van der Waals surface area contributed by atoms with Gasteiger partial charge in [-0.25, -0.2) is 0 Å². The Morgan fingerprint density at radius 2 is 2.12 bits per heavy atom. The first kappa shape index (κ1) is 16.7. The molecule has 24 heavy (non-hydrogen) atoms. The minimum absolute atomic E-state index is 0.131. The average molecular weight is 326 g/mol. The number of pyridine rings is 1. The number of carbonyl (C=O) groups is 1. The van der Waals surface area contributed by atoms with Crippen molar-refractivity contribution in [2.24, 2.45) is 5.92 Å². The number of hydrogen-bond donors (Lipinski definition) is 0. The van der Waals surface area contributed by atoms with Crippen LogP contribution in [0.1, 0.15) is 29.4 Å². The third-order valence-electron chi connectivity index (χ3n) is 5.01. The van der Waals surface area contributed by atoms with Crippen molar-refractivity contribution < 1.29 is 4.79 Å². The van der Waals surface area contributed by atoms with Crippen molar-refractivity contribution >= 4 is 5.91 Å². The molecule has 128 valence electrons. The van der Waals surface area contributed by atoms with E-state index in [1.54, 1.807) is 6.20 Å². The molecule has 0 radical (unpaired) electrons. The van der Waals surface area contributed by atoms with Gasteiger partial charge in [0.25, 0.3) is 5.91 Å². The summed E-state index contributed by atoms with van der Waals surface area (Å²) >= 11 is 0. The first-order chi connectivity index (χ1) is 11.6. The van der Waals surface area contributed by atoms with Crippen LogP contribution in [0.3, 0.4) is 0 Å². The number of nitrogens with zero attached hydrogens (tertiary/aromatic N) is 4. The van der Waals surface area contributed by atoms with Gasteiger partial charge >= 0.3 is 0 Å². The average Bonchev–Trinajstić information content (AvgIpc) is 3.21. The van der Waals surface area contributed by atoms with Gasteiger partial charge in [-0.1, -0.05) is 19.4 Å². The summed E-state index contributed by atoms with van der Waals surface area (Å²) in [6, 6.07) is 8.27. The fourth-order valence-corrected chi connectivity index (χ4v) is 3.60. The summed E-state index contributed by atoms with van der Waals surface area (Å²) in [5, 5.41) is 0. The lowest BCUT2D eigenvalue weighted by molar-refractivity contribution is 0.0770. The lowest BCUT2D eigenvalue weighted by atomic mass is 10.0. The molecule has 5 nitrogen and oxygen atoms in total. The number of aromatic nitrogens is 2. The van der Waals surface area contributed by atoms with Crippen LogP contribution in [0.4, 0.5) is 0 Å². The second kappa shape index (κ2) is 7.18. The van der Waals surface area contributed by atoms with E-state index in [1.807, 2.05) is 46.1 Å². The number of hydrogen-bond acceptors (Lipinski definition) is 3. The van der Waals surface area contributed by atoms with Gasteiger partial charge in [0, 0.05) is 44.3 Å². The Morgan fingerprint density at radius 1 is 1.29 bits per heavy atom. The Balaban J connectivity index is 1.76. The molecule has 0 aromatic carbocycles. The maximum Gasteiger partial charge on any atom is 0.270 e. The molecule has 0 saturated carbocycles. The van der Waals surface area contributed by atoms with E-state index in [0.29, 0.717) is 18.5 Å². The van der Waals surface area contributed by atoms with Crippen LogP contribution >= 0.6 is 0 Å². The summed E-state index contributed by atoms with van der Waals surface area (Å²) in [6.07, 6.45) is 6.68. The van der Waals surface area contributed by atoms with Gasteiger partial charge in [-0.05, 0) is 43.8 Å². The van der Waals surface area contributed by atoms with E-state index in [4.69, 9.17) is 0 Å². The summed E-state index contributed by atoms with van der Waals surface area (Å²) in [4.78, 5) is 21.4. The standard InChI is InChI=1S/C19H26N4O/c1-4-16-13-23(14-18(16)21(2)3)19(24)17-8-6-10-22(17)12-15-7-5-9-20-11-15/h5-11,16,18H,4,12-14H2,1-3H3. The van der Waals surface area contributed by atoms with Gasteiger partial charge in [-0.2, -0.15) is 0 Å². The largest absolute Gasteiger partial charge is 0.339 e. The Labute approximate surface area is 143 Å². The second-order valence-corrected chi connectivity index (χ2v) is 6.79. The van der Waals surface area contributed by atoms with Crippen LogP contribution in [-0.4, -0.2) is 58.5 Å². The molecule has 2 unspecified atom stereocenters. The zero-order chi connectivity index (χ0) is 17.1. The minimum Gasteiger partial charge on any atom is -0.339 e. The molecule has 2 atom stereocenters. The molecule has 0 bridgehead atoms. The number of likely N-dealkylation sites (N-methyl/N-ethyl adjacent to an activating group) is 1. The van der Waals surface area contributed by atoms with Crippen LogP contribution in [-0.2, 0) is 6.54 Å². The van der Waals surface area contributed by atoms with Gasteiger partial charge in [-0.3, -0.25) is 9.78 Å². The van der Waals surface area contributed by atoms with E-state index in [-0.39, 0.29) is 5.91 Å². The predicted molar refractivity (Wildman–Crippen MR) is 94.9 cm³/mol. The fourth-order valence-electron chi connectivity index (χ4n) is 3.60. The molecule has 3 heterocycles. The highest BCUT2D eigenvalue weighted by atomic mass is 16.2. The lowest BCUT2D eigenvalue weighted by Gasteiger charge is -2.23. The molecular weight excluding hydrogens is 300 g/mol. The van der Waals surface area contributed by atoms with Gasteiger partial charge in [0.05, 0.1) is 0 Å². The molecule has 0 spiro atoms. The van der Waals surface area contributed by atoms with Crippen molar-refractivity contribution in [1.29, 1.82) is 0 Å². The SMILES string of the molecule is CCC1CN(C(=O)c2cccn2Cc2cccnc2)CC1N(C)C. The van der Waals surface area contributed by atoms with E-state index in [2.05, 4.69) is 30.9 Å². The van der Waals surface area contributed by atoms with Gasteiger partial charge in [0.2, 0.25) is 0 Å². The van der Waals surface area contributed by atoms with Crippen LogP contribution in [0.15, 0.2) is 42.9 Å². The Hall–Kier alpha value is -2.14. The number of carbonyl (C=O) groups excluding carboxylic acids is 1. The van der Waals surface area contributed by atoms with E-state index in [1.165, 1.54) is 0 Å². The molecular formula is C19H26N4O. The van der Waals surface area contributed by atoms with Crippen molar-refractivity contribution in [1.82, 2.24) is 19.4 Å². The lowest BCUT2D eigenvalue weighted by Crippen LogP contribution is -2.36. The number of rotatable bonds is 5. The monoisotopic (exact) mass is 326 g/mol. The molecule has 2 aromatic heterocycles. The van der Waals surface area contributed by atoms with Crippen molar-refractivity contribution in [3.63, 3.8) is 0 Å². The predicted octanol–water partition coefficient (Wildman–Crippen LogP) is 2.34. The van der Waals surface area contributed by atoms with E-state index < -0.39 is 0 Å². The maximum atomic E-state index is 13.0. The van der Waals surface area contributed by atoms with Crippen molar-refractivity contribution in [3.05, 3.63) is 54.1 Å². The van der Waals surface area contributed by atoms with E-state index >= 15 is 0 Å². The van der Waals surface area contributed by atoms with Crippen LogP contribution in [0, 0.1) is 5.92 Å². The molecule has 2 aromatic rings. The van der Waals surface area contributed by atoms with Gasteiger partial charge in [0.15, 0.2) is 0 Å². The molecule has 1 aliphatic heterocycles. The van der Waals surface area contributed by atoms with Gasteiger partial charge < -0.3 is 14.4 Å². The van der Waals surface area contributed by atoms with Crippen molar-refractivity contribution in [3.8, 4) is 0 Å². The summed E-state index contributed by atoms with van der Waals surface area (Å²) in [5.74, 6) is 0.678. The third-order valence-corrected chi connectivity index (χ3v) is 5.01. The van der Waals surface area contributed by atoms with Crippen molar-refractivity contribution in [2.75, 3.05) is 27.2 Å². The Bertz CT molecular complexity index is 680. The van der Waals surface area contributed by atoms with Crippen LogP contribution in [0.25, 0.3) is 0 Å². The molecule has 0 N–H and O–H groups in total. The quantitative estimate of drug-likeness (QED) is 0.847. The fraction of sp³-hybridized carbons (Fsp3) is 0.474. The first-order valence-corrected chi connectivity index (χ1v) is 8.60. The molecule has 1 fully saturated rings. The molecule has 5 heteroatoms. The number of amides is 1. The Morgan fingerprint density at radius 3 is 2.75 bits per heavy atom. The summed E-state index contributed by atoms with van der Waals surface area (Å²) in [6.45, 7) is 4.53.